The lowest BCUT2D eigenvalue weighted by Crippen LogP contribution is -2.39. The van der Waals surface area contributed by atoms with Crippen molar-refractivity contribution in [3.8, 4) is 5.75 Å². The van der Waals surface area contributed by atoms with Gasteiger partial charge in [0.25, 0.3) is 0 Å². The zero-order valence-electron chi connectivity index (χ0n) is 10.5. The Kier molecular flexibility index (Phi) is 5.98. The number of hydrogen-bond donors (Lipinski definition) is 3. The first kappa shape index (κ1) is 15.1. The van der Waals surface area contributed by atoms with Crippen LogP contribution in [0, 0.1) is 5.82 Å². The molecule has 0 saturated carbocycles. The van der Waals surface area contributed by atoms with E-state index in [0.717, 1.165) is 0 Å². The van der Waals surface area contributed by atoms with Crippen LogP contribution in [0.3, 0.4) is 0 Å². The van der Waals surface area contributed by atoms with Crippen LogP contribution in [0.15, 0.2) is 24.3 Å². The smallest absolute Gasteiger partial charge is 0.244 e. The number of nitrogens with one attached hydrogen (secondary N) is 1. The van der Waals surface area contributed by atoms with Crippen LogP contribution in [-0.2, 0) is 4.79 Å². The van der Waals surface area contributed by atoms with Gasteiger partial charge in [-0.1, -0.05) is 6.07 Å². The molecule has 0 saturated heterocycles. The number of benzene rings is 1. The van der Waals surface area contributed by atoms with Gasteiger partial charge in [0, 0.05) is 6.08 Å². The second-order valence-electron chi connectivity index (χ2n) is 3.80. The molecule has 3 N–H and O–H groups in total. The Morgan fingerprint density at radius 1 is 1.47 bits per heavy atom. The van der Waals surface area contributed by atoms with E-state index in [2.05, 4.69) is 5.32 Å². The van der Waals surface area contributed by atoms with Gasteiger partial charge in [0.05, 0.1) is 26.4 Å². The molecule has 6 heteroatoms. The van der Waals surface area contributed by atoms with Gasteiger partial charge in [0.1, 0.15) is 0 Å². The van der Waals surface area contributed by atoms with Gasteiger partial charge in [-0.05, 0) is 23.8 Å². The lowest BCUT2D eigenvalue weighted by Gasteiger charge is -2.10. The molecule has 0 radical (unpaired) electrons. The Morgan fingerprint density at radius 3 is 2.68 bits per heavy atom. The summed E-state index contributed by atoms with van der Waals surface area (Å²) in [6.07, 6.45) is 2.61. The largest absolute Gasteiger partial charge is 0.494 e. The number of rotatable bonds is 6. The van der Waals surface area contributed by atoms with E-state index in [1.54, 1.807) is 6.07 Å². The highest BCUT2D eigenvalue weighted by atomic mass is 19.1. The third kappa shape index (κ3) is 4.69. The van der Waals surface area contributed by atoms with Gasteiger partial charge < -0.3 is 20.3 Å². The standard InChI is InChI=1S/C13H16FNO4/c1-19-12-4-2-9(6-11(12)14)3-5-13(18)15-10(7-16)8-17/h2-6,10,16-17H,7-8H2,1H3,(H,15,18). The minimum absolute atomic E-state index is 0.127. The Balaban J connectivity index is 2.66. The number of aliphatic hydroxyl groups is 2. The van der Waals surface area contributed by atoms with Crippen LogP contribution >= 0.6 is 0 Å². The molecular formula is C13H16FNO4. The fourth-order valence-corrected chi connectivity index (χ4v) is 1.36. The summed E-state index contributed by atoms with van der Waals surface area (Å²) < 4.78 is 18.1. The second-order valence-corrected chi connectivity index (χ2v) is 3.80. The predicted octanol–water partition coefficient (Wildman–Crippen LogP) is 0.317. The first-order valence-electron chi connectivity index (χ1n) is 5.64. The molecule has 0 atom stereocenters. The predicted molar refractivity (Wildman–Crippen MR) is 68.1 cm³/mol. The average molecular weight is 269 g/mol. The molecule has 19 heavy (non-hydrogen) atoms. The molecule has 5 nitrogen and oxygen atoms in total. The molecule has 1 aromatic rings. The number of ether oxygens (including phenoxy) is 1. The summed E-state index contributed by atoms with van der Waals surface area (Å²) in [5.74, 6) is -0.875. The van der Waals surface area contributed by atoms with Crippen molar-refractivity contribution in [2.45, 2.75) is 6.04 Å². The van der Waals surface area contributed by atoms with Crippen molar-refractivity contribution in [3.63, 3.8) is 0 Å². The van der Waals surface area contributed by atoms with Gasteiger partial charge >= 0.3 is 0 Å². The Hall–Kier alpha value is -1.92. The van der Waals surface area contributed by atoms with Crippen molar-refractivity contribution in [1.82, 2.24) is 5.32 Å². The van der Waals surface area contributed by atoms with Crippen LogP contribution in [0.4, 0.5) is 4.39 Å². The van der Waals surface area contributed by atoms with Crippen LogP contribution < -0.4 is 10.1 Å². The van der Waals surface area contributed by atoms with Crippen molar-refractivity contribution in [3.05, 3.63) is 35.7 Å². The third-order valence-electron chi connectivity index (χ3n) is 2.39. The first-order valence-corrected chi connectivity index (χ1v) is 5.64. The molecule has 0 spiro atoms. The number of halogens is 1. The maximum absolute atomic E-state index is 13.4. The quantitative estimate of drug-likeness (QED) is 0.650. The van der Waals surface area contributed by atoms with E-state index in [1.165, 1.54) is 31.4 Å². The highest BCUT2D eigenvalue weighted by Crippen LogP contribution is 2.18. The SMILES string of the molecule is COc1ccc(C=CC(=O)NC(CO)CO)cc1F. The minimum Gasteiger partial charge on any atom is -0.494 e. The summed E-state index contributed by atoms with van der Waals surface area (Å²) in [5, 5.41) is 20.0. The van der Waals surface area contributed by atoms with Crippen LogP contribution in [0.5, 0.6) is 5.75 Å². The molecule has 1 aromatic carbocycles. The van der Waals surface area contributed by atoms with Crippen LogP contribution in [0.2, 0.25) is 0 Å². The molecule has 0 heterocycles. The Labute approximate surface area is 110 Å². The number of hydrogen-bond acceptors (Lipinski definition) is 4. The maximum atomic E-state index is 13.4. The van der Waals surface area contributed by atoms with E-state index in [1.807, 2.05) is 0 Å². The van der Waals surface area contributed by atoms with Crippen LogP contribution in [0.1, 0.15) is 5.56 Å². The van der Waals surface area contributed by atoms with Gasteiger partial charge in [0.15, 0.2) is 11.6 Å². The highest BCUT2D eigenvalue weighted by Gasteiger charge is 2.07. The fraction of sp³-hybridized carbons (Fsp3) is 0.308. The summed E-state index contributed by atoms with van der Waals surface area (Å²) in [5.41, 5.74) is 0.498. The van der Waals surface area contributed by atoms with E-state index < -0.39 is 17.8 Å². The molecule has 0 bridgehead atoms. The summed E-state index contributed by atoms with van der Waals surface area (Å²) in [6.45, 7) is -0.708. The molecule has 0 aromatic heterocycles. The van der Waals surface area contributed by atoms with Crippen molar-refractivity contribution in [1.29, 1.82) is 0 Å². The van der Waals surface area contributed by atoms with E-state index in [9.17, 15) is 9.18 Å². The zero-order valence-corrected chi connectivity index (χ0v) is 10.5. The van der Waals surface area contributed by atoms with Gasteiger partial charge in [-0.3, -0.25) is 4.79 Å². The van der Waals surface area contributed by atoms with Crippen LogP contribution in [0.25, 0.3) is 6.08 Å². The number of carbonyl (C=O) groups is 1. The van der Waals surface area contributed by atoms with Gasteiger partial charge in [-0.2, -0.15) is 0 Å². The van der Waals surface area contributed by atoms with Gasteiger partial charge in [-0.15, -0.1) is 0 Å². The lowest BCUT2D eigenvalue weighted by molar-refractivity contribution is -0.117. The summed E-state index contributed by atoms with van der Waals surface area (Å²) in [7, 11) is 1.37. The molecule has 1 rings (SSSR count). The van der Waals surface area contributed by atoms with Crippen molar-refractivity contribution < 1.29 is 24.1 Å². The van der Waals surface area contributed by atoms with E-state index in [-0.39, 0.29) is 19.0 Å². The van der Waals surface area contributed by atoms with Gasteiger partial charge in [-0.25, -0.2) is 4.39 Å². The monoisotopic (exact) mass is 269 g/mol. The summed E-state index contributed by atoms with van der Waals surface area (Å²) in [6, 6.07) is 3.58. The van der Waals surface area contributed by atoms with Crippen molar-refractivity contribution in [2.75, 3.05) is 20.3 Å². The van der Waals surface area contributed by atoms with Gasteiger partial charge in [0.2, 0.25) is 5.91 Å². The van der Waals surface area contributed by atoms with Crippen LogP contribution in [-0.4, -0.2) is 42.5 Å². The van der Waals surface area contributed by atoms with E-state index >= 15 is 0 Å². The molecule has 0 aliphatic heterocycles. The van der Waals surface area contributed by atoms with Crippen molar-refractivity contribution >= 4 is 12.0 Å². The number of carbonyl (C=O) groups excluding carboxylic acids is 1. The molecule has 0 unspecified atom stereocenters. The first-order chi connectivity index (χ1) is 9.10. The Bertz CT molecular complexity index is 458. The molecule has 0 fully saturated rings. The maximum Gasteiger partial charge on any atom is 0.244 e. The number of aliphatic hydroxyl groups excluding tert-OH is 2. The molecular weight excluding hydrogens is 253 g/mol. The van der Waals surface area contributed by atoms with E-state index in [4.69, 9.17) is 14.9 Å². The van der Waals surface area contributed by atoms with Crippen molar-refractivity contribution in [2.24, 2.45) is 0 Å². The third-order valence-corrected chi connectivity index (χ3v) is 2.39. The summed E-state index contributed by atoms with van der Waals surface area (Å²) >= 11 is 0. The molecule has 0 aliphatic carbocycles. The normalized spacial score (nSPS) is 11.0. The molecule has 104 valence electrons. The zero-order chi connectivity index (χ0) is 14.3. The fourth-order valence-electron chi connectivity index (χ4n) is 1.36. The summed E-state index contributed by atoms with van der Waals surface area (Å²) in [4.78, 5) is 11.4. The lowest BCUT2D eigenvalue weighted by atomic mass is 10.2. The Morgan fingerprint density at radius 2 is 2.16 bits per heavy atom. The molecule has 0 aliphatic rings. The minimum atomic E-state index is -0.704. The average Bonchev–Trinajstić information content (AvgIpc) is 2.42. The topological polar surface area (TPSA) is 78.8 Å². The highest BCUT2D eigenvalue weighted by molar-refractivity contribution is 5.91. The number of amides is 1. The number of methoxy groups -OCH3 is 1. The second kappa shape index (κ2) is 7.50. The van der Waals surface area contributed by atoms with E-state index in [0.29, 0.717) is 5.56 Å². The molecule has 1 amide bonds.